The largest absolute Gasteiger partial charge is 0.493 e. The number of carbonyl (C=O) groups is 2. The third-order valence-corrected chi connectivity index (χ3v) is 4.61. The molecule has 2 N–H and O–H groups in total. The van der Waals surface area contributed by atoms with Crippen LogP contribution in [0.5, 0.6) is 11.5 Å². The van der Waals surface area contributed by atoms with Crippen molar-refractivity contribution in [2.45, 2.75) is 12.5 Å². The summed E-state index contributed by atoms with van der Waals surface area (Å²) in [7, 11) is 2.94. The van der Waals surface area contributed by atoms with E-state index in [0.29, 0.717) is 34.1 Å². The zero-order valence-electron chi connectivity index (χ0n) is 15.8. The second-order valence-corrected chi connectivity index (χ2v) is 6.32. The molecule has 0 saturated heterocycles. The van der Waals surface area contributed by atoms with Gasteiger partial charge in [-0.2, -0.15) is 5.10 Å². The molecule has 9 nitrogen and oxygen atoms in total. The van der Waals surface area contributed by atoms with Gasteiger partial charge in [-0.15, -0.1) is 0 Å². The van der Waals surface area contributed by atoms with Gasteiger partial charge in [0.15, 0.2) is 17.3 Å². The average Bonchev–Trinajstić information content (AvgIpc) is 3.37. The molecule has 2 heterocycles. The summed E-state index contributed by atoms with van der Waals surface area (Å²) in [5.74, 6) is 0.561. The summed E-state index contributed by atoms with van der Waals surface area (Å²) in [6.07, 6.45) is 0.722. The predicted molar refractivity (Wildman–Crippen MR) is 103 cm³/mol. The molecule has 1 unspecified atom stereocenters. The number of methoxy groups -OCH3 is 2. The molecule has 1 atom stereocenters. The first-order valence-corrected chi connectivity index (χ1v) is 8.82. The van der Waals surface area contributed by atoms with E-state index in [0.717, 1.165) is 5.56 Å². The Balaban J connectivity index is 1.47. The molecule has 0 saturated carbocycles. The number of esters is 1. The number of aromatic amines is 1. The monoisotopic (exact) mass is 394 g/mol. The normalized spacial score (nSPS) is 14.8. The molecule has 29 heavy (non-hydrogen) atoms. The maximum absolute atomic E-state index is 12.5. The zero-order chi connectivity index (χ0) is 20.4. The number of hydrogen-bond donors (Lipinski definition) is 2. The van der Waals surface area contributed by atoms with Crippen molar-refractivity contribution in [2.24, 2.45) is 0 Å². The number of cyclic esters (lactones) is 1. The molecular weight excluding hydrogens is 376 g/mol. The van der Waals surface area contributed by atoms with Gasteiger partial charge in [0.2, 0.25) is 5.91 Å². The first-order valence-electron chi connectivity index (χ1n) is 8.82. The molecule has 1 amide bonds. The number of fused-ring (bicyclic) bond motifs is 1. The van der Waals surface area contributed by atoms with E-state index in [-0.39, 0.29) is 12.3 Å². The van der Waals surface area contributed by atoms with Crippen LogP contribution in [-0.2, 0) is 9.53 Å². The van der Waals surface area contributed by atoms with Crippen molar-refractivity contribution in [1.82, 2.24) is 15.2 Å². The number of nitrogens with zero attached hydrogens (tertiary/aromatic N) is 2. The van der Waals surface area contributed by atoms with Crippen LogP contribution in [0, 0.1) is 0 Å². The fourth-order valence-electron chi connectivity index (χ4n) is 3.26. The molecule has 2 aromatic carbocycles. The fraction of sp³-hybridized carbons (Fsp3) is 0.200. The van der Waals surface area contributed by atoms with Gasteiger partial charge < -0.3 is 19.5 Å². The Morgan fingerprint density at radius 2 is 1.97 bits per heavy atom. The van der Waals surface area contributed by atoms with Crippen LogP contribution in [0.4, 0.5) is 5.69 Å². The van der Waals surface area contributed by atoms with Crippen molar-refractivity contribution in [1.29, 1.82) is 0 Å². The summed E-state index contributed by atoms with van der Waals surface area (Å²) in [6, 6.07) is 10.6. The number of rotatable bonds is 6. The molecule has 1 aliphatic rings. The average molecular weight is 394 g/mol. The van der Waals surface area contributed by atoms with Gasteiger partial charge in [-0.3, -0.25) is 9.89 Å². The Morgan fingerprint density at radius 1 is 1.17 bits per heavy atom. The Kier molecular flexibility index (Phi) is 4.86. The maximum Gasteiger partial charge on any atom is 0.343 e. The molecule has 0 fully saturated rings. The second kappa shape index (κ2) is 7.63. The first-order chi connectivity index (χ1) is 14.1. The van der Waals surface area contributed by atoms with Gasteiger partial charge in [-0.25, -0.2) is 9.78 Å². The topological polar surface area (TPSA) is 115 Å². The zero-order valence-corrected chi connectivity index (χ0v) is 15.8. The number of anilines is 1. The molecule has 1 aliphatic heterocycles. The molecule has 1 aromatic heterocycles. The minimum atomic E-state index is -0.689. The van der Waals surface area contributed by atoms with Crippen LogP contribution >= 0.6 is 0 Å². The van der Waals surface area contributed by atoms with Crippen LogP contribution in [0.2, 0.25) is 0 Å². The van der Waals surface area contributed by atoms with Crippen LogP contribution in [0.25, 0.3) is 11.4 Å². The first kappa shape index (κ1) is 18.5. The third kappa shape index (κ3) is 3.49. The Labute approximate surface area is 166 Å². The molecule has 9 heteroatoms. The lowest BCUT2D eigenvalue weighted by molar-refractivity contribution is -0.118. The lowest BCUT2D eigenvalue weighted by Crippen LogP contribution is -2.15. The number of carbonyl (C=O) groups excluding carboxylic acids is 2. The number of ether oxygens (including phenoxy) is 3. The minimum absolute atomic E-state index is 0.0158. The highest BCUT2D eigenvalue weighted by molar-refractivity contribution is 5.99. The van der Waals surface area contributed by atoms with Gasteiger partial charge in [0, 0.05) is 16.8 Å². The van der Waals surface area contributed by atoms with Gasteiger partial charge in [0.05, 0.1) is 20.6 Å². The van der Waals surface area contributed by atoms with E-state index in [1.165, 1.54) is 20.5 Å². The smallest absolute Gasteiger partial charge is 0.343 e. The quantitative estimate of drug-likeness (QED) is 0.618. The summed E-state index contributed by atoms with van der Waals surface area (Å²) in [5.41, 5.74) is 2.36. The number of nitrogens with one attached hydrogen (secondary N) is 2. The number of H-pyrrole nitrogens is 1. The highest BCUT2D eigenvalue weighted by Gasteiger charge is 2.36. The van der Waals surface area contributed by atoms with Gasteiger partial charge >= 0.3 is 5.97 Å². The number of benzene rings is 2. The lowest BCUT2D eigenvalue weighted by Gasteiger charge is -2.12. The second-order valence-electron chi connectivity index (χ2n) is 6.32. The van der Waals surface area contributed by atoms with Crippen LogP contribution in [0.15, 0.2) is 42.7 Å². The standard InChI is InChI=1S/C20H18N4O5/c1-27-14-8-7-13-15(29-20(26)17(13)18(14)28-2)9-16(25)23-12-5-3-11(4-6-12)19-21-10-22-24-19/h3-8,10,15H,9H2,1-2H3,(H,23,25)(H,21,22,24). The molecular formula is C20H18N4O5. The summed E-state index contributed by atoms with van der Waals surface area (Å²) >= 11 is 0. The van der Waals surface area contributed by atoms with E-state index in [4.69, 9.17) is 14.2 Å². The van der Waals surface area contributed by atoms with E-state index in [1.807, 2.05) is 12.1 Å². The van der Waals surface area contributed by atoms with Gasteiger partial charge in [-0.1, -0.05) is 6.07 Å². The van der Waals surface area contributed by atoms with Crippen molar-refractivity contribution in [3.8, 4) is 22.9 Å². The van der Waals surface area contributed by atoms with Crippen molar-refractivity contribution >= 4 is 17.6 Å². The molecule has 0 spiro atoms. The van der Waals surface area contributed by atoms with Crippen LogP contribution < -0.4 is 14.8 Å². The van der Waals surface area contributed by atoms with E-state index in [1.54, 1.807) is 24.3 Å². The molecule has 0 aliphatic carbocycles. The molecule has 3 aromatic rings. The molecule has 0 radical (unpaired) electrons. The van der Waals surface area contributed by atoms with Crippen molar-refractivity contribution in [3.05, 3.63) is 53.9 Å². The van der Waals surface area contributed by atoms with E-state index in [2.05, 4.69) is 20.5 Å². The number of hydrogen-bond acceptors (Lipinski definition) is 7. The van der Waals surface area contributed by atoms with E-state index < -0.39 is 12.1 Å². The lowest BCUT2D eigenvalue weighted by atomic mass is 10.0. The van der Waals surface area contributed by atoms with Crippen molar-refractivity contribution < 1.29 is 23.8 Å². The molecule has 4 rings (SSSR count). The van der Waals surface area contributed by atoms with Crippen LogP contribution in [0.3, 0.4) is 0 Å². The fourth-order valence-corrected chi connectivity index (χ4v) is 3.26. The maximum atomic E-state index is 12.5. The van der Waals surface area contributed by atoms with E-state index >= 15 is 0 Å². The summed E-state index contributed by atoms with van der Waals surface area (Å²) in [4.78, 5) is 28.9. The Bertz CT molecular complexity index is 1050. The van der Waals surface area contributed by atoms with Gasteiger partial charge in [0.25, 0.3) is 0 Å². The molecule has 0 bridgehead atoms. The summed E-state index contributed by atoms with van der Waals surface area (Å²) in [6.45, 7) is 0. The highest BCUT2D eigenvalue weighted by Crippen LogP contribution is 2.43. The van der Waals surface area contributed by atoms with Crippen LogP contribution in [-0.4, -0.2) is 41.3 Å². The van der Waals surface area contributed by atoms with Gasteiger partial charge in [0.1, 0.15) is 18.0 Å². The van der Waals surface area contributed by atoms with Crippen molar-refractivity contribution in [3.63, 3.8) is 0 Å². The van der Waals surface area contributed by atoms with Crippen molar-refractivity contribution in [2.75, 3.05) is 19.5 Å². The van der Waals surface area contributed by atoms with E-state index in [9.17, 15) is 9.59 Å². The number of aromatic nitrogens is 3. The summed E-state index contributed by atoms with van der Waals surface area (Å²) < 4.78 is 15.9. The highest BCUT2D eigenvalue weighted by atomic mass is 16.6. The number of amides is 1. The third-order valence-electron chi connectivity index (χ3n) is 4.61. The van der Waals surface area contributed by atoms with Gasteiger partial charge in [-0.05, 0) is 30.3 Å². The Hall–Kier alpha value is -3.88. The SMILES string of the molecule is COc1ccc2c(c1OC)C(=O)OC2CC(=O)Nc1ccc(-c2ncn[nH]2)cc1. The Morgan fingerprint density at radius 3 is 2.62 bits per heavy atom. The predicted octanol–water partition coefficient (Wildman–Crippen LogP) is 2.73. The van der Waals surface area contributed by atoms with Crippen LogP contribution in [0.1, 0.15) is 28.4 Å². The minimum Gasteiger partial charge on any atom is -0.493 e. The molecule has 148 valence electrons. The summed E-state index contributed by atoms with van der Waals surface area (Å²) in [5, 5.41) is 9.39.